The number of carbonyl (C=O) groups is 1. The highest BCUT2D eigenvalue weighted by Crippen LogP contribution is 2.30. The van der Waals surface area contributed by atoms with Gasteiger partial charge in [-0.3, -0.25) is 4.79 Å². The Hall–Kier alpha value is -2.43. The van der Waals surface area contributed by atoms with Crippen LogP contribution in [0.4, 0.5) is 14.5 Å². The first-order valence-corrected chi connectivity index (χ1v) is 7.11. The van der Waals surface area contributed by atoms with E-state index < -0.39 is 17.7 Å². The van der Waals surface area contributed by atoms with Crippen molar-refractivity contribution in [3.63, 3.8) is 0 Å². The standard InChI is InChI=1S/C17H15F2NO2/c1-2-20(12-7-8-13(18)14(19)10-12)17(21)16-9-11-5-3-4-6-15(11)22-16/h3-8,10,16H,2,9H2,1H3. The average molecular weight is 303 g/mol. The first-order valence-electron chi connectivity index (χ1n) is 7.11. The van der Waals surface area contributed by atoms with E-state index in [1.807, 2.05) is 24.3 Å². The van der Waals surface area contributed by atoms with Gasteiger partial charge in [0.2, 0.25) is 0 Å². The minimum absolute atomic E-state index is 0.260. The fourth-order valence-electron chi connectivity index (χ4n) is 2.61. The van der Waals surface area contributed by atoms with Gasteiger partial charge in [-0.2, -0.15) is 0 Å². The summed E-state index contributed by atoms with van der Waals surface area (Å²) in [5.74, 6) is -1.47. The van der Waals surface area contributed by atoms with E-state index in [0.717, 1.165) is 17.7 Å². The van der Waals surface area contributed by atoms with E-state index in [9.17, 15) is 13.6 Å². The molecule has 0 radical (unpaired) electrons. The van der Waals surface area contributed by atoms with Gasteiger partial charge < -0.3 is 9.64 Å². The Morgan fingerprint density at radius 3 is 2.68 bits per heavy atom. The van der Waals surface area contributed by atoms with Gasteiger partial charge in [-0.1, -0.05) is 18.2 Å². The Bertz CT molecular complexity index is 693. The molecule has 0 aromatic heterocycles. The van der Waals surface area contributed by atoms with Gasteiger partial charge in [-0.05, 0) is 30.7 Å². The van der Waals surface area contributed by atoms with Gasteiger partial charge in [-0.25, -0.2) is 8.78 Å². The van der Waals surface area contributed by atoms with Crippen molar-refractivity contribution in [3.8, 4) is 5.75 Å². The Balaban J connectivity index is 1.82. The molecule has 1 heterocycles. The van der Waals surface area contributed by atoms with Gasteiger partial charge in [0.25, 0.3) is 5.91 Å². The Morgan fingerprint density at radius 2 is 2.00 bits per heavy atom. The zero-order valence-corrected chi connectivity index (χ0v) is 12.1. The van der Waals surface area contributed by atoms with Crippen LogP contribution in [0.25, 0.3) is 0 Å². The number of hydrogen-bond donors (Lipinski definition) is 0. The van der Waals surface area contributed by atoms with Crippen molar-refractivity contribution in [1.82, 2.24) is 0 Å². The van der Waals surface area contributed by atoms with Crippen LogP contribution in [0.5, 0.6) is 5.75 Å². The number of benzene rings is 2. The van der Waals surface area contributed by atoms with Crippen LogP contribution in [0, 0.1) is 11.6 Å². The number of fused-ring (bicyclic) bond motifs is 1. The van der Waals surface area contributed by atoms with Crippen LogP contribution in [-0.2, 0) is 11.2 Å². The van der Waals surface area contributed by atoms with Crippen LogP contribution in [0.1, 0.15) is 12.5 Å². The van der Waals surface area contributed by atoms with Crippen molar-refractivity contribution in [2.45, 2.75) is 19.4 Å². The normalized spacial score (nSPS) is 16.0. The molecule has 3 rings (SSSR count). The monoisotopic (exact) mass is 303 g/mol. The lowest BCUT2D eigenvalue weighted by atomic mass is 10.1. The highest BCUT2D eigenvalue weighted by atomic mass is 19.2. The number of amides is 1. The minimum atomic E-state index is -0.973. The first kappa shape index (κ1) is 14.5. The summed E-state index contributed by atoms with van der Waals surface area (Å²) < 4.78 is 32.1. The molecule has 2 aromatic carbocycles. The van der Waals surface area contributed by atoms with Gasteiger partial charge in [0.05, 0.1) is 0 Å². The zero-order valence-electron chi connectivity index (χ0n) is 12.1. The number of ether oxygens (including phenoxy) is 1. The largest absolute Gasteiger partial charge is 0.480 e. The fraction of sp³-hybridized carbons (Fsp3) is 0.235. The molecule has 0 N–H and O–H groups in total. The minimum Gasteiger partial charge on any atom is -0.480 e. The predicted molar refractivity (Wildman–Crippen MR) is 78.9 cm³/mol. The summed E-state index contributed by atoms with van der Waals surface area (Å²) in [7, 11) is 0. The lowest BCUT2D eigenvalue weighted by molar-refractivity contribution is -0.124. The molecule has 114 valence electrons. The van der Waals surface area contributed by atoms with Crippen LogP contribution in [0.3, 0.4) is 0 Å². The Labute approximate surface area is 127 Å². The number of rotatable bonds is 3. The van der Waals surface area contributed by atoms with Crippen LogP contribution in [-0.4, -0.2) is 18.6 Å². The first-order chi connectivity index (χ1) is 10.6. The summed E-state index contributed by atoms with van der Waals surface area (Å²) in [4.78, 5) is 14.0. The molecular weight excluding hydrogens is 288 g/mol. The number of nitrogens with zero attached hydrogens (tertiary/aromatic N) is 1. The molecule has 0 saturated heterocycles. The van der Waals surface area contributed by atoms with E-state index in [1.54, 1.807) is 6.92 Å². The van der Waals surface area contributed by atoms with E-state index in [1.165, 1.54) is 11.0 Å². The van der Waals surface area contributed by atoms with Gasteiger partial charge in [0.1, 0.15) is 5.75 Å². The maximum atomic E-state index is 13.4. The molecule has 0 spiro atoms. The van der Waals surface area contributed by atoms with Crippen LogP contribution >= 0.6 is 0 Å². The average Bonchev–Trinajstić information content (AvgIpc) is 2.95. The van der Waals surface area contributed by atoms with Gasteiger partial charge in [0, 0.05) is 24.7 Å². The quantitative estimate of drug-likeness (QED) is 0.870. The highest BCUT2D eigenvalue weighted by Gasteiger charge is 2.32. The SMILES string of the molecule is CCN(C(=O)C1Cc2ccccc2O1)c1ccc(F)c(F)c1. The second-order valence-corrected chi connectivity index (χ2v) is 5.10. The maximum Gasteiger partial charge on any atom is 0.268 e. The van der Waals surface area contributed by atoms with E-state index in [-0.39, 0.29) is 5.91 Å². The number of para-hydroxylation sites is 1. The van der Waals surface area contributed by atoms with E-state index >= 15 is 0 Å². The Kier molecular flexibility index (Phi) is 3.79. The smallest absolute Gasteiger partial charge is 0.268 e. The molecule has 22 heavy (non-hydrogen) atoms. The third kappa shape index (κ3) is 2.54. The third-order valence-electron chi connectivity index (χ3n) is 3.72. The lowest BCUT2D eigenvalue weighted by Crippen LogP contribution is -2.41. The van der Waals surface area contributed by atoms with Crippen molar-refractivity contribution in [2.24, 2.45) is 0 Å². The summed E-state index contributed by atoms with van der Waals surface area (Å²) in [5, 5.41) is 0. The summed E-state index contributed by atoms with van der Waals surface area (Å²) >= 11 is 0. The second kappa shape index (κ2) is 5.75. The van der Waals surface area contributed by atoms with Gasteiger partial charge in [-0.15, -0.1) is 0 Å². The molecule has 0 aliphatic carbocycles. The highest BCUT2D eigenvalue weighted by molar-refractivity contribution is 5.97. The fourth-order valence-corrected chi connectivity index (χ4v) is 2.61. The molecule has 0 fully saturated rings. The lowest BCUT2D eigenvalue weighted by Gasteiger charge is -2.24. The molecule has 1 unspecified atom stereocenters. The molecule has 0 bridgehead atoms. The molecule has 0 saturated carbocycles. The summed E-state index contributed by atoms with van der Waals surface area (Å²) in [6.45, 7) is 2.13. The molecule has 1 aliphatic heterocycles. The van der Waals surface area contributed by atoms with Crippen LogP contribution in [0.2, 0.25) is 0 Å². The van der Waals surface area contributed by atoms with E-state index in [4.69, 9.17) is 4.74 Å². The number of carbonyl (C=O) groups excluding carboxylic acids is 1. The molecule has 1 aliphatic rings. The number of hydrogen-bond acceptors (Lipinski definition) is 2. The van der Waals surface area contributed by atoms with E-state index in [2.05, 4.69) is 0 Å². The summed E-state index contributed by atoms with van der Waals surface area (Å²) in [6.07, 6.45) is -0.152. The Morgan fingerprint density at radius 1 is 1.23 bits per heavy atom. The molecule has 1 atom stereocenters. The molecular formula is C17H15F2NO2. The molecule has 1 amide bonds. The predicted octanol–water partition coefficient (Wildman–Crippen LogP) is 3.32. The van der Waals surface area contributed by atoms with Crippen molar-refractivity contribution < 1.29 is 18.3 Å². The number of likely N-dealkylation sites (N-methyl/N-ethyl adjacent to an activating group) is 1. The molecule has 2 aromatic rings. The topological polar surface area (TPSA) is 29.5 Å². The van der Waals surface area contributed by atoms with Crippen LogP contribution < -0.4 is 9.64 Å². The molecule has 5 heteroatoms. The van der Waals surface area contributed by atoms with Gasteiger partial charge in [0.15, 0.2) is 17.7 Å². The van der Waals surface area contributed by atoms with Crippen molar-refractivity contribution in [3.05, 3.63) is 59.7 Å². The zero-order chi connectivity index (χ0) is 15.7. The maximum absolute atomic E-state index is 13.4. The van der Waals surface area contributed by atoms with Crippen molar-refractivity contribution in [1.29, 1.82) is 0 Å². The molecule has 3 nitrogen and oxygen atoms in total. The van der Waals surface area contributed by atoms with Crippen molar-refractivity contribution in [2.75, 3.05) is 11.4 Å². The van der Waals surface area contributed by atoms with Gasteiger partial charge >= 0.3 is 0 Å². The van der Waals surface area contributed by atoms with Crippen molar-refractivity contribution >= 4 is 11.6 Å². The summed E-state index contributed by atoms with van der Waals surface area (Å²) in [5.41, 5.74) is 1.30. The van der Waals surface area contributed by atoms with E-state index in [0.29, 0.717) is 24.4 Å². The summed E-state index contributed by atoms with van der Waals surface area (Å²) in [6, 6.07) is 10.9. The third-order valence-corrected chi connectivity index (χ3v) is 3.72. The number of anilines is 1. The second-order valence-electron chi connectivity index (χ2n) is 5.10. The van der Waals surface area contributed by atoms with Crippen LogP contribution in [0.15, 0.2) is 42.5 Å². The number of halogens is 2.